The Morgan fingerprint density at radius 3 is 2.25 bits per heavy atom. The predicted octanol–water partition coefficient (Wildman–Crippen LogP) is -1.21. The second kappa shape index (κ2) is 2.95. The van der Waals surface area contributed by atoms with Gasteiger partial charge in [0.25, 0.3) is 0 Å². The average Bonchev–Trinajstić information content (AvgIpc) is 1.92. The van der Waals surface area contributed by atoms with E-state index in [1.165, 1.54) is 0 Å². The van der Waals surface area contributed by atoms with E-state index in [1.807, 2.05) is 0 Å². The molecule has 1 saturated heterocycles. The summed E-state index contributed by atoms with van der Waals surface area (Å²) in [5, 5.41) is 0. The highest BCUT2D eigenvalue weighted by Crippen LogP contribution is 2.06. The van der Waals surface area contributed by atoms with Crippen LogP contribution in [0.3, 0.4) is 0 Å². The van der Waals surface area contributed by atoms with Crippen LogP contribution in [0.15, 0.2) is 0 Å². The van der Waals surface area contributed by atoms with Crippen LogP contribution in [0.4, 0.5) is 0 Å². The maximum Gasteiger partial charge on any atom is 0.213 e. The van der Waals surface area contributed by atoms with Gasteiger partial charge in [0.15, 0.2) is 0 Å². The van der Waals surface area contributed by atoms with Crippen LogP contribution >= 0.6 is 0 Å². The molecule has 0 radical (unpaired) electrons. The number of piperidine rings is 1. The van der Waals surface area contributed by atoms with E-state index in [2.05, 4.69) is 0 Å². The molecule has 1 fully saturated rings. The Morgan fingerprint density at radius 2 is 1.83 bits per heavy atom. The standard InChI is InChI=1S/C6H9NO4S/c1-12(10,11)7-3-2-5(8)6(9)4-7/h2-4H2,1H3. The van der Waals surface area contributed by atoms with Crippen LogP contribution in [0, 0.1) is 0 Å². The van der Waals surface area contributed by atoms with Gasteiger partial charge in [0.2, 0.25) is 21.6 Å². The van der Waals surface area contributed by atoms with E-state index in [0.29, 0.717) is 0 Å². The largest absolute Gasteiger partial charge is 0.291 e. The van der Waals surface area contributed by atoms with E-state index in [1.54, 1.807) is 0 Å². The fourth-order valence-electron chi connectivity index (χ4n) is 0.976. The Morgan fingerprint density at radius 1 is 1.25 bits per heavy atom. The Hall–Kier alpha value is -0.750. The Bertz CT molecular complexity index is 318. The molecule has 68 valence electrons. The summed E-state index contributed by atoms with van der Waals surface area (Å²) in [6, 6.07) is 0. The highest BCUT2D eigenvalue weighted by Gasteiger charge is 2.29. The molecule has 12 heavy (non-hydrogen) atoms. The maximum absolute atomic E-state index is 10.9. The highest BCUT2D eigenvalue weighted by molar-refractivity contribution is 7.88. The van der Waals surface area contributed by atoms with Gasteiger partial charge in [-0.3, -0.25) is 9.59 Å². The lowest BCUT2D eigenvalue weighted by atomic mass is 10.1. The van der Waals surface area contributed by atoms with Gasteiger partial charge in [-0.15, -0.1) is 0 Å². The number of carbonyl (C=O) groups is 2. The van der Waals surface area contributed by atoms with Crippen LogP contribution in [0.5, 0.6) is 0 Å². The van der Waals surface area contributed by atoms with Crippen LogP contribution in [0.2, 0.25) is 0 Å². The molecule has 6 heteroatoms. The second-order valence-electron chi connectivity index (χ2n) is 2.69. The molecule has 0 spiro atoms. The minimum absolute atomic E-state index is 0.00586. The lowest BCUT2D eigenvalue weighted by Gasteiger charge is -2.21. The maximum atomic E-state index is 10.9. The van der Waals surface area contributed by atoms with Gasteiger partial charge in [0.05, 0.1) is 12.8 Å². The Balaban J connectivity index is 2.77. The molecule has 0 N–H and O–H groups in total. The van der Waals surface area contributed by atoms with Crippen molar-refractivity contribution in [3.63, 3.8) is 0 Å². The first kappa shape index (κ1) is 9.34. The third-order valence-electron chi connectivity index (χ3n) is 1.69. The Labute approximate surface area is 70.4 Å². The molecule has 1 aliphatic rings. The summed E-state index contributed by atoms with van der Waals surface area (Å²) in [4.78, 5) is 21.5. The van der Waals surface area contributed by atoms with Crippen molar-refractivity contribution in [1.29, 1.82) is 0 Å². The number of Topliss-reactive ketones (excluding diaryl/α,β-unsaturated/α-hetero) is 2. The first-order valence-corrected chi connectivity index (χ1v) is 5.27. The van der Waals surface area contributed by atoms with E-state index in [4.69, 9.17) is 0 Å². The van der Waals surface area contributed by atoms with E-state index < -0.39 is 21.6 Å². The summed E-state index contributed by atoms with van der Waals surface area (Å²) in [6.07, 6.45) is 1.03. The zero-order valence-electron chi connectivity index (χ0n) is 6.61. The highest BCUT2D eigenvalue weighted by atomic mass is 32.2. The summed E-state index contributed by atoms with van der Waals surface area (Å²) >= 11 is 0. The smallest absolute Gasteiger partial charge is 0.213 e. The number of rotatable bonds is 1. The van der Waals surface area contributed by atoms with E-state index >= 15 is 0 Å². The summed E-state index contributed by atoms with van der Waals surface area (Å²) in [5.41, 5.74) is 0. The van der Waals surface area contributed by atoms with Gasteiger partial charge in [-0.05, 0) is 0 Å². The van der Waals surface area contributed by atoms with Crippen LogP contribution in [-0.2, 0) is 19.6 Å². The van der Waals surface area contributed by atoms with Crippen molar-refractivity contribution in [2.45, 2.75) is 6.42 Å². The third-order valence-corrected chi connectivity index (χ3v) is 2.94. The van der Waals surface area contributed by atoms with Crippen molar-refractivity contribution in [2.75, 3.05) is 19.3 Å². The first-order chi connectivity index (χ1) is 5.41. The van der Waals surface area contributed by atoms with Crippen LogP contribution in [-0.4, -0.2) is 43.6 Å². The zero-order valence-corrected chi connectivity index (χ0v) is 7.43. The molecule has 0 saturated carbocycles. The number of sulfonamides is 1. The van der Waals surface area contributed by atoms with Crippen molar-refractivity contribution in [2.24, 2.45) is 0 Å². The molecule has 1 rings (SSSR count). The quantitative estimate of drug-likeness (QED) is 0.487. The zero-order chi connectivity index (χ0) is 9.35. The summed E-state index contributed by atoms with van der Waals surface area (Å²) in [6.45, 7) is -0.166. The molecule has 0 aromatic heterocycles. The molecule has 5 nitrogen and oxygen atoms in total. The Kier molecular flexibility index (Phi) is 2.29. The number of ketones is 2. The van der Waals surface area contributed by atoms with E-state index in [9.17, 15) is 18.0 Å². The van der Waals surface area contributed by atoms with Crippen LogP contribution in [0.25, 0.3) is 0 Å². The van der Waals surface area contributed by atoms with E-state index in [-0.39, 0.29) is 19.5 Å². The molecule has 0 aromatic carbocycles. The molecule has 1 heterocycles. The van der Waals surface area contributed by atoms with Gasteiger partial charge in [0.1, 0.15) is 0 Å². The topological polar surface area (TPSA) is 71.5 Å². The van der Waals surface area contributed by atoms with Gasteiger partial charge >= 0.3 is 0 Å². The predicted molar refractivity (Wildman–Crippen MR) is 41.0 cm³/mol. The van der Waals surface area contributed by atoms with Crippen molar-refractivity contribution in [1.82, 2.24) is 4.31 Å². The monoisotopic (exact) mass is 191 g/mol. The molecular weight excluding hydrogens is 182 g/mol. The fourth-order valence-corrected chi connectivity index (χ4v) is 1.75. The van der Waals surface area contributed by atoms with Crippen molar-refractivity contribution in [3.05, 3.63) is 0 Å². The lowest BCUT2D eigenvalue weighted by molar-refractivity contribution is -0.138. The molecule has 0 amide bonds. The van der Waals surface area contributed by atoms with Crippen molar-refractivity contribution >= 4 is 21.6 Å². The minimum Gasteiger partial charge on any atom is -0.291 e. The fraction of sp³-hybridized carbons (Fsp3) is 0.667. The number of nitrogens with zero attached hydrogens (tertiary/aromatic N) is 1. The molecule has 0 atom stereocenters. The first-order valence-electron chi connectivity index (χ1n) is 3.42. The van der Waals surface area contributed by atoms with Crippen LogP contribution < -0.4 is 0 Å². The van der Waals surface area contributed by atoms with Gasteiger partial charge in [-0.2, -0.15) is 4.31 Å². The van der Waals surface area contributed by atoms with Crippen molar-refractivity contribution < 1.29 is 18.0 Å². The minimum atomic E-state index is -3.32. The summed E-state index contributed by atoms with van der Waals surface area (Å²) in [5.74, 6) is -1.10. The molecule has 0 aliphatic carbocycles. The molecular formula is C6H9NO4S. The molecule has 1 aliphatic heterocycles. The van der Waals surface area contributed by atoms with Gasteiger partial charge in [-0.25, -0.2) is 8.42 Å². The molecule has 0 bridgehead atoms. The van der Waals surface area contributed by atoms with Gasteiger partial charge in [-0.1, -0.05) is 0 Å². The van der Waals surface area contributed by atoms with Gasteiger partial charge in [0, 0.05) is 13.0 Å². The number of hydrogen-bond acceptors (Lipinski definition) is 4. The number of carbonyl (C=O) groups excluding carboxylic acids is 2. The molecule has 0 aromatic rings. The summed E-state index contributed by atoms with van der Waals surface area (Å²) < 4.78 is 22.8. The normalized spacial score (nSPS) is 21.4. The second-order valence-corrected chi connectivity index (χ2v) is 4.68. The van der Waals surface area contributed by atoms with E-state index in [0.717, 1.165) is 10.6 Å². The van der Waals surface area contributed by atoms with Gasteiger partial charge < -0.3 is 0 Å². The molecule has 0 unspecified atom stereocenters. The lowest BCUT2D eigenvalue weighted by Crippen LogP contribution is -2.43. The van der Waals surface area contributed by atoms with Crippen LogP contribution in [0.1, 0.15) is 6.42 Å². The third kappa shape index (κ3) is 1.89. The summed E-state index contributed by atoms with van der Waals surface area (Å²) in [7, 11) is -3.32. The average molecular weight is 191 g/mol. The van der Waals surface area contributed by atoms with Crippen molar-refractivity contribution in [3.8, 4) is 0 Å². The number of hydrogen-bond donors (Lipinski definition) is 0. The SMILES string of the molecule is CS(=O)(=O)N1CCC(=O)C(=O)C1.